The number of hydrogen-bond donors (Lipinski definition) is 0. The molecule has 0 unspecified atom stereocenters. The fourth-order valence-electron chi connectivity index (χ4n) is 3.43. The van der Waals surface area contributed by atoms with E-state index in [1.54, 1.807) is 24.0 Å². The van der Waals surface area contributed by atoms with Crippen LogP contribution in [0.15, 0.2) is 53.8 Å². The van der Waals surface area contributed by atoms with Gasteiger partial charge in [0.2, 0.25) is 5.91 Å². The molecule has 0 N–H and O–H groups in total. The van der Waals surface area contributed by atoms with Gasteiger partial charge < -0.3 is 9.80 Å². The molecule has 1 aliphatic rings. The van der Waals surface area contributed by atoms with Gasteiger partial charge in [-0.1, -0.05) is 30.3 Å². The van der Waals surface area contributed by atoms with Crippen molar-refractivity contribution in [2.45, 2.75) is 13.5 Å². The second-order valence-electron chi connectivity index (χ2n) is 7.09. The number of rotatable bonds is 4. The van der Waals surface area contributed by atoms with E-state index in [1.165, 1.54) is 23.3 Å². The molecule has 3 heterocycles. The number of benzene rings is 1. The summed E-state index contributed by atoms with van der Waals surface area (Å²) in [4.78, 5) is 40.3. The number of amides is 1. The number of aromatic nitrogens is 4. The number of aryl methyl sites for hydroxylation is 1. The predicted octanol–water partition coefficient (Wildman–Crippen LogP) is 1.50. The predicted molar refractivity (Wildman–Crippen MR) is 109 cm³/mol. The van der Waals surface area contributed by atoms with Crippen molar-refractivity contribution in [2.75, 3.05) is 31.1 Å². The summed E-state index contributed by atoms with van der Waals surface area (Å²) in [5, 5.41) is 0. The first kappa shape index (κ1) is 19.7. The molecule has 154 valence electrons. The molecule has 1 saturated heterocycles. The van der Waals surface area contributed by atoms with Crippen LogP contribution in [0, 0.1) is 12.7 Å². The van der Waals surface area contributed by atoms with Crippen LogP contribution in [0.2, 0.25) is 0 Å². The first-order valence-corrected chi connectivity index (χ1v) is 9.64. The highest BCUT2D eigenvalue weighted by Gasteiger charge is 2.25. The topological polar surface area (TPSA) is 84.2 Å². The maximum absolute atomic E-state index is 15.1. The van der Waals surface area contributed by atoms with Crippen molar-refractivity contribution in [2.24, 2.45) is 0 Å². The molecule has 1 aromatic carbocycles. The lowest BCUT2D eigenvalue weighted by molar-refractivity contribution is -0.132. The van der Waals surface area contributed by atoms with E-state index in [0.29, 0.717) is 37.4 Å². The molecule has 1 fully saturated rings. The second-order valence-corrected chi connectivity index (χ2v) is 7.09. The van der Waals surface area contributed by atoms with Gasteiger partial charge in [0.1, 0.15) is 18.6 Å². The molecule has 4 rings (SSSR count). The lowest BCUT2D eigenvalue weighted by atomic mass is 10.1. The summed E-state index contributed by atoms with van der Waals surface area (Å²) in [6, 6.07) is 10.5. The average Bonchev–Trinajstić information content (AvgIpc) is 2.76. The fourth-order valence-corrected chi connectivity index (χ4v) is 3.43. The largest absolute Gasteiger partial charge is 0.351 e. The number of halogens is 1. The van der Waals surface area contributed by atoms with Crippen LogP contribution in [0.3, 0.4) is 0 Å². The molecule has 0 aliphatic carbocycles. The average molecular weight is 408 g/mol. The minimum atomic E-state index is -0.472. The minimum Gasteiger partial charge on any atom is -0.351 e. The summed E-state index contributed by atoms with van der Waals surface area (Å²) in [6.07, 6.45) is 2.74. The van der Waals surface area contributed by atoms with Crippen LogP contribution in [0.5, 0.6) is 0 Å². The smallest absolute Gasteiger partial charge is 0.253 e. The number of hydrogen-bond acceptors (Lipinski definition) is 6. The Morgan fingerprint density at radius 1 is 1.07 bits per heavy atom. The SMILES string of the molecule is Cc1cc(=O)n(CC(=O)N2CCN(c3ncnc(-c4ccccc4)c3F)CC2)cn1. The normalized spacial score (nSPS) is 14.1. The zero-order valence-corrected chi connectivity index (χ0v) is 16.5. The van der Waals surface area contributed by atoms with Crippen molar-refractivity contribution in [1.82, 2.24) is 24.4 Å². The van der Waals surface area contributed by atoms with E-state index >= 15 is 4.39 Å². The van der Waals surface area contributed by atoms with E-state index in [9.17, 15) is 9.59 Å². The van der Waals surface area contributed by atoms with Gasteiger partial charge in [0.25, 0.3) is 5.56 Å². The number of piperazine rings is 1. The van der Waals surface area contributed by atoms with Crippen molar-refractivity contribution >= 4 is 11.7 Å². The van der Waals surface area contributed by atoms with Crippen LogP contribution in [0.4, 0.5) is 10.2 Å². The van der Waals surface area contributed by atoms with Crippen LogP contribution in [-0.2, 0) is 11.3 Å². The highest BCUT2D eigenvalue weighted by atomic mass is 19.1. The molecule has 30 heavy (non-hydrogen) atoms. The van der Waals surface area contributed by atoms with E-state index in [4.69, 9.17) is 0 Å². The Morgan fingerprint density at radius 3 is 2.50 bits per heavy atom. The first-order valence-electron chi connectivity index (χ1n) is 9.64. The molecule has 1 aliphatic heterocycles. The Hall–Kier alpha value is -3.62. The quantitative estimate of drug-likeness (QED) is 0.651. The van der Waals surface area contributed by atoms with Gasteiger partial charge in [-0.15, -0.1) is 0 Å². The second kappa shape index (κ2) is 8.40. The lowest BCUT2D eigenvalue weighted by Crippen LogP contribution is -2.50. The maximum Gasteiger partial charge on any atom is 0.253 e. The van der Waals surface area contributed by atoms with Crippen molar-refractivity contribution in [1.29, 1.82) is 0 Å². The van der Waals surface area contributed by atoms with E-state index in [-0.39, 0.29) is 29.5 Å². The minimum absolute atomic E-state index is 0.0634. The van der Waals surface area contributed by atoms with Crippen molar-refractivity contribution in [3.63, 3.8) is 0 Å². The third-order valence-electron chi connectivity index (χ3n) is 5.07. The molecule has 1 amide bonds. The zero-order valence-electron chi connectivity index (χ0n) is 16.5. The molecule has 9 heteroatoms. The van der Waals surface area contributed by atoms with Crippen LogP contribution < -0.4 is 10.5 Å². The zero-order chi connectivity index (χ0) is 21.1. The molecule has 0 atom stereocenters. The Balaban J connectivity index is 1.43. The summed E-state index contributed by atoms with van der Waals surface area (Å²) in [5.41, 5.74) is 1.29. The van der Waals surface area contributed by atoms with Crippen molar-refractivity contribution < 1.29 is 9.18 Å². The molecular formula is C21H21FN6O2. The summed E-state index contributed by atoms with van der Waals surface area (Å²) in [7, 11) is 0. The van der Waals surface area contributed by atoms with Gasteiger partial charge in [-0.05, 0) is 6.92 Å². The molecular weight excluding hydrogens is 387 g/mol. The molecule has 8 nitrogen and oxygen atoms in total. The molecule has 0 spiro atoms. The van der Waals surface area contributed by atoms with E-state index in [0.717, 1.165) is 0 Å². The van der Waals surface area contributed by atoms with Crippen molar-refractivity contribution in [3.8, 4) is 11.3 Å². The highest BCUT2D eigenvalue weighted by molar-refractivity contribution is 5.76. The summed E-state index contributed by atoms with van der Waals surface area (Å²) >= 11 is 0. The van der Waals surface area contributed by atoms with Gasteiger partial charge >= 0.3 is 0 Å². The van der Waals surface area contributed by atoms with Gasteiger partial charge in [-0.3, -0.25) is 14.2 Å². The van der Waals surface area contributed by atoms with E-state index < -0.39 is 5.82 Å². The van der Waals surface area contributed by atoms with Gasteiger partial charge in [-0.2, -0.15) is 0 Å². The van der Waals surface area contributed by atoms with Gasteiger partial charge in [0, 0.05) is 43.5 Å². The number of carbonyl (C=O) groups excluding carboxylic acids is 1. The fraction of sp³-hybridized carbons (Fsp3) is 0.286. The molecule has 3 aromatic rings. The third-order valence-corrected chi connectivity index (χ3v) is 5.07. The van der Waals surface area contributed by atoms with Gasteiger partial charge in [0.05, 0.1) is 6.33 Å². The maximum atomic E-state index is 15.1. The monoisotopic (exact) mass is 408 g/mol. The molecule has 0 bridgehead atoms. The molecule has 2 aromatic heterocycles. The lowest BCUT2D eigenvalue weighted by Gasteiger charge is -2.35. The summed E-state index contributed by atoms with van der Waals surface area (Å²) < 4.78 is 16.4. The Kier molecular flexibility index (Phi) is 5.51. The van der Waals surface area contributed by atoms with E-state index in [1.807, 2.05) is 23.1 Å². The van der Waals surface area contributed by atoms with Crippen LogP contribution in [0.25, 0.3) is 11.3 Å². The summed E-state index contributed by atoms with van der Waals surface area (Å²) in [5.74, 6) is -0.411. The van der Waals surface area contributed by atoms with Gasteiger partial charge in [-0.25, -0.2) is 19.3 Å². The first-order chi connectivity index (χ1) is 14.5. The third kappa shape index (κ3) is 4.05. The Labute approximate surface area is 172 Å². The Bertz CT molecular complexity index is 1110. The molecule has 0 saturated carbocycles. The number of carbonyl (C=O) groups is 1. The van der Waals surface area contributed by atoms with Crippen molar-refractivity contribution in [3.05, 3.63) is 70.9 Å². The van der Waals surface area contributed by atoms with Crippen LogP contribution in [-0.4, -0.2) is 56.5 Å². The number of anilines is 1. The van der Waals surface area contributed by atoms with Crippen LogP contribution in [0.1, 0.15) is 5.69 Å². The van der Waals surface area contributed by atoms with E-state index in [2.05, 4.69) is 15.0 Å². The molecule has 0 radical (unpaired) electrons. The number of nitrogens with zero attached hydrogens (tertiary/aromatic N) is 6. The Morgan fingerprint density at radius 2 is 1.80 bits per heavy atom. The standard InChI is InChI=1S/C21H21FN6O2/c1-15-11-17(29)28(14-25-15)12-18(30)26-7-9-27(10-8-26)21-19(22)20(23-13-24-21)16-5-3-2-4-6-16/h2-6,11,13-14H,7-10,12H2,1H3. The van der Waals surface area contributed by atoms with Crippen LogP contribution >= 0.6 is 0 Å². The summed E-state index contributed by atoms with van der Waals surface area (Å²) in [6.45, 7) is 3.37. The van der Waals surface area contributed by atoms with Gasteiger partial charge in [0.15, 0.2) is 11.6 Å². The highest BCUT2D eigenvalue weighted by Crippen LogP contribution is 2.26.